The van der Waals surface area contributed by atoms with Crippen molar-refractivity contribution in [2.45, 2.75) is 4.90 Å². The van der Waals surface area contributed by atoms with Crippen molar-refractivity contribution in [2.24, 2.45) is 10.2 Å². The number of nitrogen functional groups attached to an aromatic ring is 1. The van der Waals surface area contributed by atoms with Crippen LogP contribution < -0.4 is 32.1 Å². The number of carbonyl (C=O) groups excluding carboxylic acids is 3. The number of hydrogen-bond donors (Lipinski definition) is 6. The quantitative estimate of drug-likeness (QED) is 0.0430. The van der Waals surface area contributed by atoms with Crippen LogP contribution >= 0.6 is 0 Å². The number of aromatic nitrogens is 3. The number of carboxylic acids is 1. The number of carboxylic acid groups (broad SMARTS) is 1. The number of benzene rings is 6. The Balaban J connectivity index is 1.04. The molecule has 0 saturated carbocycles. The second-order valence-corrected chi connectivity index (χ2v) is 14.6. The van der Waals surface area contributed by atoms with Gasteiger partial charge in [-0.15, -0.1) is 0 Å². The zero-order valence-electron chi connectivity index (χ0n) is 31.2. The van der Waals surface area contributed by atoms with E-state index in [1.165, 1.54) is 24.3 Å². The van der Waals surface area contributed by atoms with Gasteiger partial charge in [0.15, 0.2) is 11.6 Å². The molecule has 0 radical (unpaired) electrons. The van der Waals surface area contributed by atoms with Crippen LogP contribution in [0, 0.1) is 0 Å². The molecule has 0 fully saturated rings. The minimum Gasteiger partial charge on any atom is -0.744 e. The van der Waals surface area contributed by atoms with Gasteiger partial charge in [-0.2, -0.15) is 25.2 Å². The number of fused-ring (bicyclic) bond motifs is 2. The van der Waals surface area contributed by atoms with Crippen LogP contribution in [0.3, 0.4) is 0 Å². The van der Waals surface area contributed by atoms with Crippen molar-refractivity contribution in [3.63, 3.8) is 0 Å². The summed E-state index contributed by atoms with van der Waals surface area (Å²) in [7, 11) is -5.16. The molecular formula is C42H28N10O8S-2. The highest BCUT2D eigenvalue weighted by molar-refractivity contribution is 7.86. The molecule has 8 rings (SSSR count). The number of para-hydroxylation sites is 1. The monoisotopic (exact) mass is 832 g/mol. The highest BCUT2D eigenvalue weighted by Crippen LogP contribution is 2.40. The molecule has 0 unspecified atom stereocenters. The number of nitrogens with one attached hydrogen (secondary N) is 4. The fraction of sp³-hybridized carbons (Fsp3) is 0. The highest BCUT2D eigenvalue weighted by atomic mass is 32.2. The minimum atomic E-state index is -5.16. The first-order chi connectivity index (χ1) is 29.3. The van der Waals surface area contributed by atoms with Crippen LogP contribution in [0.15, 0.2) is 143 Å². The first kappa shape index (κ1) is 39.3. The molecule has 302 valence electrons. The standard InChI is InChI=1S/C42H30N10O8S/c43-36-33(61(58,59)60)21-31(34-35(36)38(55)29-9-5-4-8-28(29)37(34)54)44-23-10-12-24(13-11-23)46-41-48-40(45-22-6-2-1-3-7-22)49-42(50-41)47-25-14-16-26(17-15-25)51-52-27-18-19-32(53)30(20-27)39(56)57/h1-21,44,53H,43H2,(H,56,57)(H,58,59,60)(H3,45,46,47,48,49,50)/p-2. The van der Waals surface area contributed by atoms with Crippen molar-refractivity contribution >= 4 is 91.0 Å². The molecule has 0 aliphatic heterocycles. The van der Waals surface area contributed by atoms with Gasteiger partial charge in [-0.05, 0) is 84.9 Å². The van der Waals surface area contributed by atoms with Crippen molar-refractivity contribution < 1.29 is 37.6 Å². The molecule has 0 bridgehead atoms. The van der Waals surface area contributed by atoms with E-state index in [0.29, 0.717) is 28.4 Å². The lowest BCUT2D eigenvalue weighted by Crippen LogP contribution is -2.25. The third-order valence-electron chi connectivity index (χ3n) is 9.16. The summed E-state index contributed by atoms with van der Waals surface area (Å²) in [6, 6.07) is 33.1. The number of ketones is 2. The number of aromatic hydroxyl groups is 1. The van der Waals surface area contributed by atoms with Gasteiger partial charge in [-0.3, -0.25) is 9.59 Å². The lowest BCUT2D eigenvalue weighted by molar-refractivity contribution is -0.255. The van der Waals surface area contributed by atoms with Gasteiger partial charge in [0, 0.05) is 39.4 Å². The van der Waals surface area contributed by atoms with E-state index in [9.17, 15) is 37.6 Å². The van der Waals surface area contributed by atoms with Gasteiger partial charge >= 0.3 is 0 Å². The summed E-state index contributed by atoms with van der Waals surface area (Å²) in [5, 5.41) is 41.5. The fourth-order valence-corrected chi connectivity index (χ4v) is 6.95. The molecule has 7 N–H and O–H groups in total. The summed E-state index contributed by atoms with van der Waals surface area (Å²) >= 11 is 0. The van der Waals surface area contributed by atoms with E-state index in [2.05, 4.69) is 46.4 Å². The summed E-state index contributed by atoms with van der Waals surface area (Å²) in [5.41, 5.74) is 7.35. The van der Waals surface area contributed by atoms with Crippen LogP contribution in [0.25, 0.3) is 0 Å². The summed E-state index contributed by atoms with van der Waals surface area (Å²) < 4.78 is 36.7. The summed E-state index contributed by atoms with van der Waals surface area (Å²) in [4.78, 5) is 51.2. The topological polar surface area (TPSA) is 289 Å². The third-order valence-corrected chi connectivity index (χ3v) is 10.0. The average Bonchev–Trinajstić information content (AvgIpc) is 3.24. The number of aromatic carboxylic acids is 1. The molecule has 1 aliphatic carbocycles. The van der Waals surface area contributed by atoms with Gasteiger partial charge in [0.2, 0.25) is 17.8 Å². The Morgan fingerprint density at radius 2 is 1.07 bits per heavy atom. The van der Waals surface area contributed by atoms with Crippen molar-refractivity contribution in [1.29, 1.82) is 0 Å². The third kappa shape index (κ3) is 8.39. The molecule has 61 heavy (non-hydrogen) atoms. The Hall–Kier alpha value is -8.55. The Labute approximate surface area is 345 Å². The predicted molar refractivity (Wildman–Crippen MR) is 221 cm³/mol. The van der Waals surface area contributed by atoms with E-state index >= 15 is 0 Å². The van der Waals surface area contributed by atoms with Gasteiger partial charge < -0.3 is 46.6 Å². The van der Waals surface area contributed by atoms with Crippen LogP contribution in [0.1, 0.15) is 42.2 Å². The molecule has 1 aliphatic rings. The normalized spacial score (nSPS) is 12.1. The van der Waals surface area contributed by atoms with Crippen LogP contribution in [-0.2, 0) is 10.1 Å². The predicted octanol–water partition coefficient (Wildman–Crippen LogP) is 6.59. The zero-order chi connectivity index (χ0) is 42.8. The van der Waals surface area contributed by atoms with E-state index in [1.807, 2.05) is 30.3 Å². The van der Waals surface area contributed by atoms with Gasteiger partial charge in [-0.25, -0.2) is 8.42 Å². The first-order valence-electron chi connectivity index (χ1n) is 18.0. The lowest BCUT2D eigenvalue weighted by Gasteiger charge is -2.25. The summed E-state index contributed by atoms with van der Waals surface area (Å²) in [6.07, 6.45) is 0. The number of azo groups is 1. The van der Waals surface area contributed by atoms with Gasteiger partial charge in [0.25, 0.3) is 0 Å². The second-order valence-electron chi connectivity index (χ2n) is 13.2. The van der Waals surface area contributed by atoms with Crippen molar-refractivity contribution in [1.82, 2.24) is 15.0 Å². The molecule has 18 nitrogen and oxygen atoms in total. The molecule has 0 spiro atoms. The zero-order valence-corrected chi connectivity index (χ0v) is 32.0. The van der Waals surface area contributed by atoms with E-state index in [-0.39, 0.29) is 51.5 Å². The Morgan fingerprint density at radius 3 is 1.61 bits per heavy atom. The molecule has 1 aromatic heterocycles. The Kier molecular flexibility index (Phi) is 10.3. The number of phenols is 1. The summed E-state index contributed by atoms with van der Waals surface area (Å²) in [6.45, 7) is 0. The lowest BCUT2D eigenvalue weighted by atomic mass is 9.82. The van der Waals surface area contributed by atoms with Crippen molar-refractivity contribution in [2.75, 3.05) is 27.0 Å². The average molecular weight is 833 g/mol. The van der Waals surface area contributed by atoms with Crippen molar-refractivity contribution in [3.8, 4) is 5.75 Å². The number of hydrogen-bond acceptors (Lipinski definition) is 18. The molecule has 7 aromatic rings. The smallest absolute Gasteiger partial charge is 0.233 e. The van der Waals surface area contributed by atoms with Crippen LogP contribution in [0.4, 0.5) is 63.3 Å². The number of anilines is 9. The maximum absolute atomic E-state index is 13.7. The molecule has 0 atom stereocenters. The molecule has 19 heteroatoms. The summed E-state index contributed by atoms with van der Waals surface area (Å²) in [5.74, 6) is -2.78. The van der Waals surface area contributed by atoms with Gasteiger partial charge in [-0.1, -0.05) is 42.5 Å². The SMILES string of the molecule is Nc1c(S(=O)(=O)[O-])cc(Nc2ccc(Nc3nc(Nc4ccccc4)nc(Nc4ccc(N=Nc5ccc(O)c(C(=O)[O-])c5)cc4)n3)cc2)c2c1C(=O)c1ccccc1C2=O. The van der Waals surface area contributed by atoms with E-state index in [0.717, 1.165) is 12.1 Å². The second kappa shape index (κ2) is 16.0. The Bertz CT molecular complexity index is 3040. The number of nitrogens with zero attached hydrogens (tertiary/aromatic N) is 5. The fourth-order valence-electron chi connectivity index (χ4n) is 6.32. The van der Waals surface area contributed by atoms with Gasteiger partial charge in [0.1, 0.15) is 15.9 Å². The molecule has 1 heterocycles. The maximum atomic E-state index is 13.7. The molecule has 0 saturated heterocycles. The molecule has 0 amide bonds. The molecule has 6 aromatic carbocycles. The Morgan fingerprint density at radius 1 is 0.607 bits per heavy atom. The minimum absolute atomic E-state index is 0.0364. The van der Waals surface area contributed by atoms with Crippen molar-refractivity contribution in [3.05, 3.63) is 155 Å². The number of nitrogens with two attached hydrogens (primary N) is 1. The van der Waals surface area contributed by atoms with Gasteiger partial charge in [0.05, 0.1) is 44.7 Å². The van der Waals surface area contributed by atoms with Crippen LogP contribution in [-0.4, -0.2) is 50.6 Å². The van der Waals surface area contributed by atoms with E-state index < -0.39 is 49.5 Å². The van der Waals surface area contributed by atoms with Crippen LogP contribution in [0.2, 0.25) is 0 Å². The largest absolute Gasteiger partial charge is 0.744 e. The number of rotatable bonds is 12. The van der Waals surface area contributed by atoms with E-state index in [1.54, 1.807) is 60.7 Å². The molecular weight excluding hydrogens is 805 g/mol. The maximum Gasteiger partial charge on any atom is 0.233 e. The van der Waals surface area contributed by atoms with E-state index in [4.69, 9.17) is 5.73 Å². The van der Waals surface area contributed by atoms with Crippen LogP contribution in [0.5, 0.6) is 5.75 Å². The number of carbonyl (C=O) groups is 3. The first-order valence-corrected chi connectivity index (χ1v) is 19.4. The highest BCUT2D eigenvalue weighted by Gasteiger charge is 2.35.